The number of carbonyl (C=O) groups excluding carboxylic acids is 1. The molecule has 0 spiro atoms. The van der Waals surface area contributed by atoms with Gasteiger partial charge in [-0.2, -0.15) is 8.75 Å². The number of benzene rings is 2. The maximum absolute atomic E-state index is 12.2. The van der Waals surface area contributed by atoms with Crippen molar-refractivity contribution < 1.29 is 9.21 Å². The van der Waals surface area contributed by atoms with Gasteiger partial charge >= 0.3 is 0 Å². The number of aromatic nitrogens is 4. The average molecular weight is 438 g/mol. The number of hydrogen-bond donors (Lipinski definition) is 1. The molecule has 11 heteroatoms. The van der Waals surface area contributed by atoms with Gasteiger partial charge in [-0.25, -0.2) is 0 Å². The number of anilines is 1. The number of fused-ring (bicyclic) bond motifs is 1. The molecule has 0 saturated carbocycles. The molecule has 27 heavy (non-hydrogen) atoms. The largest absolute Gasteiger partial charge is 0.411 e. The first kappa shape index (κ1) is 18.2. The number of rotatable bonds is 5. The summed E-state index contributed by atoms with van der Waals surface area (Å²) in [7, 11) is 0. The minimum atomic E-state index is -0.218. The second kappa shape index (κ2) is 7.81. The van der Waals surface area contributed by atoms with Crippen LogP contribution in [-0.2, 0) is 4.79 Å². The van der Waals surface area contributed by atoms with Gasteiger partial charge < -0.3 is 9.73 Å². The Hall–Kier alpha value is -2.20. The van der Waals surface area contributed by atoms with Crippen LogP contribution in [0.15, 0.2) is 46.0 Å². The Morgan fingerprint density at radius 3 is 2.93 bits per heavy atom. The Morgan fingerprint density at radius 1 is 1.19 bits per heavy atom. The molecule has 1 amide bonds. The van der Waals surface area contributed by atoms with E-state index in [2.05, 4.69) is 24.3 Å². The van der Waals surface area contributed by atoms with E-state index in [4.69, 9.17) is 27.6 Å². The Labute approximate surface area is 171 Å². The van der Waals surface area contributed by atoms with Crippen molar-refractivity contribution in [3.8, 4) is 11.5 Å². The first-order valence-electron chi connectivity index (χ1n) is 7.53. The summed E-state index contributed by atoms with van der Waals surface area (Å²) in [6.45, 7) is 0. The van der Waals surface area contributed by atoms with Crippen molar-refractivity contribution in [3.05, 3.63) is 46.4 Å². The van der Waals surface area contributed by atoms with Crippen LogP contribution in [0.2, 0.25) is 10.0 Å². The average Bonchev–Trinajstić information content (AvgIpc) is 3.30. The third-order valence-corrected chi connectivity index (χ3v) is 5.36. The third-order valence-electron chi connectivity index (χ3n) is 3.45. The Kier molecular flexibility index (Phi) is 5.26. The molecule has 4 rings (SSSR count). The van der Waals surface area contributed by atoms with Crippen molar-refractivity contribution in [1.29, 1.82) is 0 Å². The van der Waals surface area contributed by atoms with Crippen LogP contribution in [-0.4, -0.2) is 30.6 Å². The monoisotopic (exact) mass is 437 g/mol. The highest BCUT2D eigenvalue weighted by atomic mass is 35.5. The number of halogens is 2. The van der Waals surface area contributed by atoms with Gasteiger partial charge in [0.2, 0.25) is 11.8 Å². The zero-order valence-electron chi connectivity index (χ0n) is 13.3. The van der Waals surface area contributed by atoms with Crippen molar-refractivity contribution in [2.45, 2.75) is 5.22 Å². The highest BCUT2D eigenvalue weighted by molar-refractivity contribution is 7.99. The molecule has 2 aromatic heterocycles. The smallest absolute Gasteiger partial charge is 0.277 e. The summed E-state index contributed by atoms with van der Waals surface area (Å²) in [6.07, 6.45) is 0. The Morgan fingerprint density at radius 2 is 2.07 bits per heavy atom. The van der Waals surface area contributed by atoms with E-state index >= 15 is 0 Å². The summed E-state index contributed by atoms with van der Waals surface area (Å²) in [6, 6.07) is 10.4. The van der Waals surface area contributed by atoms with E-state index in [9.17, 15) is 4.79 Å². The normalized spacial score (nSPS) is 11.0. The SMILES string of the molecule is O=C(CSc1nnc(-c2ccc(Cl)cc2Cl)o1)Nc1cccc2nsnc12. The van der Waals surface area contributed by atoms with Crippen LogP contribution in [0.5, 0.6) is 0 Å². The molecular formula is C16H9Cl2N5O2S2. The molecule has 2 heterocycles. The lowest BCUT2D eigenvalue weighted by Gasteiger charge is -2.04. The van der Waals surface area contributed by atoms with E-state index in [1.807, 2.05) is 12.1 Å². The maximum Gasteiger partial charge on any atom is 0.277 e. The minimum absolute atomic E-state index is 0.101. The molecule has 2 aromatic carbocycles. The van der Waals surface area contributed by atoms with E-state index in [1.165, 1.54) is 0 Å². The van der Waals surface area contributed by atoms with Crippen LogP contribution in [0.4, 0.5) is 5.69 Å². The van der Waals surface area contributed by atoms with Gasteiger partial charge in [0.25, 0.3) is 5.22 Å². The molecule has 1 N–H and O–H groups in total. The van der Waals surface area contributed by atoms with Gasteiger partial charge in [-0.15, -0.1) is 10.2 Å². The summed E-state index contributed by atoms with van der Waals surface area (Å²) in [5.74, 6) is 0.145. The molecule has 0 unspecified atom stereocenters. The maximum atomic E-state index is 12.2. The highest BCUT2D eigenvalue weighted by Crippen LogP contribution is 2.31. The van der Waals surface area contributed by atoms with Crippen molar-refractivity contribution in [1.82, 2.24) is 18.9 Å². The first-order chi connectivity index (χ1) is 13.1. The topological polar surface area (TPSA) is 93.8 Å². The predicted octanol–water partition coefficient (Wildman–Crippen LogP) is 4.78. The van der Waals surface area contributed by atoms with Crippen molar-refractivity contribution in [3.63, 3.8) is 0 Å². The van der Waals surface area contributed by atoms with E-state index in [0.717, 1.165) is 29.0 Å². The molecule has 0 aliphatic carbocycles. The lowest BCUT2D eigenvalue weighted by Crippen LogP contribution is -2.14. The van der Waals surface area contributed by atoms with Crippen molar-refractivity contribution in [2.24, 2.45) is 0 Å². The highest BCUT2D eigenvalue weighted by Gasteiger charge is 2.15. The molecule has 136 valence electrons. The summed E-state index contributed by atoms with van der Waals surface area (Å²) in [4.78, 5) is 12.2. The van der Waals surface area contributed by atoms with E-state index < -0.39 is 0 Å². The van der Waals surface area contributed by atoms with Gasteiger partial charge in [-0.3, -0.25) is 4.79 Å². The molecule has 0 fully saturated rings. The second-order valence-electron chi connectivity index (χ2n) is 5.27. The molecular weight excluding hydrogens is 429 g/mol. The summed E-state index contributed by atoms with van der Waals surface area (Å²) in [5, 5.41) is 11.9. The standard InChI is InChI=1S/C16H9Cl2N5O2S2/c17-8-4-5-9(10(18)6-8)15-20-21-16(25-15)26-7-13(24)19-11-2-1-3-12-14(11)23-27-22-12/h1-6H,7H2,(H,19,24). The van der Waals surface area contributed by atoms with Gasteiger partial charge in [-0.1, -0.05) is 41.0 Å². The van der Waals surface area contributed by atoms with E-state index in [1.54, 1.807) is 24.3 Å². The summed E-state index contributed by atoms with van der Waals surface area (Å²) >= 11 is 14.2. The van der Waals surface area contributed by atoms with Crippen LogP contribution in [0.3, 0.4) is 0 Å². The zero-order valence-corrected chi connectivity index (χ0v) is 16.5. The minimum Gasteiger partial charge on any atom is -0.411 e. The number of hydrogen-bond acceptors (Lipinski definition) is 8. The molecule has 0 radical (unpaired) electrons. The summed E-state index contributed by atoms with van der Waals surface area (Å²) < 4.78 is 13.9. The van der Waals surface area contributed by atoms with E-state index in [-0.39, 0.29) is 22.8 Å². The molecule has 0 aliphatic heterocycles. The molecule has 0 aliphatic rings. The van der Waals surface area contributed by atoms with Gasteiger partial charge in [0.05, 0.1) is 33.8 Å². The molecule has 7 nitrogen and oxygen atoms in total. The Bertz CT molecular complexity index is 1130. The fraction of sp³-hybridized carbons (Fsp3) is 0.0625. The predicted molar refractivity (Wildman–Crippen MR) is 107 cm³/mol. The number of nitrogens with zero attached hydrogens (tertiary/aromatic N) is 4. The van der Waals surface area contributed by atoms with Gasteiger partial charge in [0, 0.05) is 5.02 Å². The summed E-state index contributed by atoms with van der Waals surface area (Å²) in [5.41, 5.74) is 2.60. The van der Waals surface area contributed by atoms with Crippen molar-refractivity contribution >= 4 is 69.3 Å². The third kappa shape index (κ3) is 4.06. The fourth-order valence-corrected chi connectivity index (χ4v) is 3.86. The fourth-order valence-electron chi connectivity index (χ4n) is 2.26. The molecule has 0 bridgehead atoms. The number of nitrogens with one attached hydrogen (secondary N) is 1. The van der Waals surface area contributed by atoms with Crippen LogP contribution in [0, 0.1) is 0 Å². The van der Waals surface area contributed by atoms with Crippen LogP contribution < -0.4 is 5.32 Å². The second-order valence-corrected chi connectivity index (χ2v) is 7.57. The van der Waals surface area contributed by atoms with Crippen molar-refractivity contribution in [2.75, 3.05) is 11.1 Å². The molecule has 0 saturated heterocycles. The Balaban J connectivity index is 1.41. The quantitative estimate of drug-likeness (QED) is 0.448. The number of thioether (sulfide) groups is 1. The zero-order chi connectivity index (χ0) is 18.8. The molecule has 0 atom stereocenters. The first-order valence-corrected chi connectivity index (χ1v) is 10.0. The van der Waals surface area contributed by atoms with Crippen LogP contribution >= 0.6 is 46.7 Å². The van der Waals surface area contributed by atoms with Gasteiger partial charge in [-0.05, 0) is 30.3 Å². The van der Waals surface area contributed by atoms with Crippen LogP contribution in [0.1, 0.15) is 0 Å². The number of amides is 1. The van der Waals surface area contributed by atoms with Gasteiger partial charge in [0.1, 0.15) is 11.0 Å². The van der Waals surface area contributed by atoms with Gasteiger partial charge in [0.15, 0.2) is 0 Å². The lowest BCUT2D eigenvalue weighted by molar-refractivity contribution is -0.113. The number of carbonyl (C=O) groups is 1. The lowest BCUT2D eigenvalue weighted by atomic mass is 10.2. The van der Waals surface area contributed by atoms with E-state index in [0.29, 0.717) is 26.8 Å². The molecule has 4 aromatic rings. The van der Waals surface area contributed by atoms with Crippen LogP contribution in [0.25, 0.3) is 22.5 Å².